The van der Waals surface area contributed by atoms with Gasteiger partial charge in [-0.2, -0.15) is 4.99 Å². The van der Waals surface area contributed by atoms with Crippen molar-refractivity contribution < 1.29 is 9.53 Å². The van der Waals surface area contributed by atoms with Crippen molar-refractivity contribution in [1.29, 1.82) is 0 Å². The Labute approximate surface area is 115 Å². The molecule has 0 saturated heterocycles. The summed E-state index contributed by atoms with van der Waals surface area (Å²) in [5.74, 6) is 1.41. The van der Waals surface area contributed by atoms with Gasteiger partial charge < -0.3 is 4.74 Å². The molecule has 96 valence electrons. The van der Waals surface area contributed by atoms with Crippen LogP contribution >= 0.6 is 0 Å². The van der Waals surface area contributed by atoms with Crippen molar-refractivity contribution in [3.63, 3.8) is 0 Å². The van der Waals surface area contributed by atoms with Gasteiger partial charge in [-0.1, -0.05) is 24.3 Å². The molecular weight excluding hydrogens is 252 g/mol. The van der Waals surface area contributed by atoms with Gasteiger partial charge >= 0.3 is 0 Å². The Morgan fingerprint density at radius 1 is 0.950 bits per heavy atom. The second-order valence-electron chi connectivity index (χ2n) is 4.12. The van der Waals surface area contributed by atoms with Crippen LogP contribution in [-0.2, 0) is 4.79 Å². The molecule has 0 bridgehead atoms. The highest BCUT2D eigenvalue weighted by Gasteiger charge is 2.07. The molecule has 0 saturated carbocycles. The first-order valence-corrected chi connectivity index (χ1v) is 6.06. The van der Waals surface area contributed by atoms with Gasteiger partial charge in [-0.15, -0.1) is 0 Å². The number of isocyanates is 1. The number of benzene rings is 2. The van der Waals surface area contributed by atoms with E-state index in [2.05, 4.69) is 9.98 Å². The maximum absolute atomic E-state index is 10.5. The quantitative estimate of drug-likeness (QED) is 0.529. The molecule has 0 atom stereocenters. The molecule has 4 heteroatoms. The first kappa shape index (κ1) is 12.1. The number of carbonyl (C=O) groups excluding carboxylic acids is 1. The van der Waals surface area contributed by atoms with E-state index in [1.807, 2.05) is 24.3 Å². The van der Waals surface area contributed by atoms with E-state index in [0.717, 1.165) is 10.8 Å². The number of rotatable bonds is 3. The van der Waals surface area contributed by atoms with Crippen molar-refractivity contribution in [3.8, 4) is 11.5 Å². The minimum Gasteiger partial charge on any atom is -0.457 e. The molecule has 2 aromatic carbocycles. The third-order valence-corrected chi connectivity index (χ3v) is 2.90. The van der Waals surface area contributed by atoms with Crippen molar-refractivity contribution in [3.05, 3.63) is 60.9 Å². The van der Waals surface area contributed by atoms with Crippen LogP contribution in [0, 0.1) is 0 Å². The van der Waals surface area contributed by atoms with Crippen LogP contribution in [0.15, 0.2) is 65.9 Å². The molecule has 20 heavy (non-hydrogen) atoms. The second-order valence-corrected chi connectivity index (χ2v) is 4.12. The SMILES string of the molecule is O=C=Nc1ccc(Oc2ccncc2)c2ccccc12. The number of hydrogen-bond acceptors (Lipinski definition) is 4. The number of ether oxygens (including phenoxy) is 1. The summed E-state index contributed by atoms with van der Waals surface area (Å²) in [5.41, 5.74) is 0.581. The molecule has 1 aromatic heterocycles. The van der Waals surface area contributed by atoms with Gasteiger partial charge in [0.15, 0.2) is 0 Å². The van der Waals surface area contributed by atoms with E-state index >= 15 is 0 Å². The number of pyridine rings is 1. The van der Waals surface area contributed by atoms with Crippen LogP contribution in [0.25, 0.3) is 10.8 Å². The Bertz CT molecular complexity index is 794. The van der Waals surface area contributed by atoms with Crippen LogP contribution in [0.4, 0.5) is 5.69 Å². The lowest BCUT2D eigenvalue weighted by Crippen LogP contribution is -1.86. The summed E-state index contributed by atoms with van der Waals surface area (Å²) in [6.45, 7) is 0. The van der Waals surface area contributed by atoms with Gasteiger partial charge in [-0.3, -0.25) is 4.98 Å². The Hall–Kier alpha value is -2.97. The maximum atomic E-state index is 10.5. The zero-order valence-electron chi connectivity index (χ0n) is 10.5. The summed E-state index contributed by atoms with van der Waals surface area (Å²) < 4.78 is 5.84. The monoisotopic (exact) mass is 262 g/mol. The van der Waals surface area contributed by atoms with Crippen LogP contribution < -0.4 is 4.74 Å². The van der Waals surface area contributed by atoms with Gasteiger partial charge in [0.1, 0.15) is 11.5 Å². The van der Waals surface area contributed by atoms with Crippen molar-refractivity contribution in [1.82, 2.24) is 4.98 Å². The number of fused-ring (bicyclic) bond motifs is 1. The topological polar surface area (TPSA) is 51.5 Å². The smallest absolute Gasteiger partial charge is 0.240 e. The molecular formula is C16H10N2O2. The molecule has 0 spiro atoms. The van der Waals surface area contributed by atoms with Gasteiger partial charge in [0.2, 0.25) is 6.08 Å². The third kappa shape index (κ3) is 2.28. The molecule has 0 unspecified atom stereocenters. The number of aliphatic imine (C=N–C) groups is 1. The zero-order valence-corrected chi connectivity index (χ0v) is 10.5. The second kappa shape index (κ2) is 5.34. The summed E-state index contributed by atoms with van der Waals surface area (Å²) in [6, 6.07) is 14.7. The van der Waals surface area contributed by atoms with Crippen molar-refractivity contribution in [2.24, 2.45) is 4.99 Å². The van der Waals surface area contributed by atoms with E-state index in [0.29, 0.717) is 17.2 Å². The van der Waals surface area contributed by atoms with Crippen LogP contribution in [0.3, 0.4) is 0 Å². The fraction of sp³-hybridized carbons (Fsp3) is 0. The largest absolute Gasteiger partial charge is 0.457 e. The summed E-state index contributed by atoms with van der Waals surface area (Å²) in [4.78, 5) is 18.1. The number of aromatic nitrogens is 1. The molecule has 0 N–H and O–H groups in total. The van der Waals surface area contributed by atoms with Gasteiger partial charge in [0.25, 0.3) is 0 Å². The summed E-state index contributed by atoms with van der Waals surface area (Å²) in [6.07, 6.45) is 4.91. The van der Waals surface area contributed by atoms with Gasteiger partial charge in [0.05, 0.1) is 5.69 Å². The minimum atomic E-state index is 0.581. The Morgan fingerprint density at radius 2 is 1.70 bits per heavy atom. The average molecular weight is 262 g/mol. The van der Waals surface area contributed by atoms with Crippen molar-refractivity contribution in [2.45, 2.75) is 0 Å². The van der Waals surface area contributed by atoms with E-state index in [4.69, 9.17) is 4.74 Å². The molecule has 0 aliphatic carbocycles. The molecule has 0 radical (unpaired) electrons. The molecule has 0 aliphatic rings. The Kier molecular flexibility index (Phi) is 3.23. The Balaban J connectivity index is 2.13. The fourth-order valence-corrected chi connectivity index (χ4v) is 2.02. The highest BCUT2D eigenvalue weighted by atomic mass is 16.5. The third-order valence-electron chi connectivity index (χ3n) is 2.90. The first-order chi connectivity index (χ1) is 9.88. The van der Waals surface area contributed by atoms with E-state index < -0.39 is 0 Å². The van der Waals surface area contributed by atoms with E-state index in [1.165, 1.54) is 0 Å². The lowest BCUT2D eigenvalue weighted by molar-refractivity contribution is 0.487. The molecule has 0 fully saturated rings. The van der Waals surface area contributed by atoms with Crippen molar-refractivity contribution >= 4 is 22.5 Å². The van der Waals surface area contributed by atoms with Gasteiger partial charge in [0, 0.05) is 23.2 Å². The highest BCUT2D eigenvalue weighted by Crippen LogP contribution is 2.35. The first-order valence-electron chi connectivity index (χ1n) is 6.06. The van der Waals surface area contributed by atoms with E-state index in [9.17, 15) is 4.79 Å². The fourth-order valence-electron chi connectivity index (χ4n) is 2.02. The van der Waals surface area contributed by atoms with Crippen LogP contribution in [-0.4, -0.2) is 11.1 Å². The maximum Gasteiger partial charge on any atom is 0.240 e. The lowest BCUT2D eigenvalue weighted by atomic mass is 10.1. The van der Waals surface area contributed by atoms with Gasteiger partial charge in [-0.05, 0) is 24.3 Å². The zero-order chi connectivity index (χ0) is 13.8. The molecule has 3 rings (SSSR count). The molecule has 1 heterocycles. The van der Waals surface area contributed by atoms with Crippen LogP contribution in [0.1, 0.15) is 0 Å². The van der Waals surface area contributed by atoms with E-state index in [1.54, 1.807) is 42.7 Å². The van der Waals surface area contributed by atoms with Crippen molar-refractivity contribution in [2.75, 3.05) is 0 Å². The summed E-state index contributed by atoms with van der Waals surface area (Å²) in [5, 5.41) is 1.74. The highest BCUT2D eigenvalue weighted by molar-refractivity contribution is 5.97. The summed E-state index contributed by atoms with van der Waals surface area (Å²) in [7, 11) is 0. The van der Waals surface area contributed by atoms with E-state index in [-0.39, 0.29) is 0 Å². The number of hydrogen-bond donors (Lipinski definition) is 0. The molecule has 3 aromatic rings. The Morgan fingerprint density at radius 3 is 2.45 bits per heavy atom. The molecule has 4 nitrogen and oxygen atoms in total. The predicted octanol–water partition coefficient (Wildman–Crippen LogP) is 3.99. The number of nitrogens with zero attached hydrogens (tertiary/aromatic N) is 2. The lowest BCUT2D eigenvalue weighted by Gasteiger charge is -2.09. The minimum absolute atomic E-state index is 0.581. The van der Waals surface area contributed by atoms with Crippen LogP contribution in [0.5, 0.6) is 11.5 Å². The summed E-state index contributed by atoms with van der Waals surface area (Å²) >= 11 is 0. The standard InChI is InChI=1S/C16H10N2O2/c19-11-18-15-5-6-16(14-4-2-1-3-13(14)15)20-12-7-9-17-10-8-12/h1-10H. The predicted molar refractivity (Wildman–Crippen MR) is 76.0 cm³/mol. The molecule has 0 aliphatic heterocycles. The van der Waals surface area contributed by atoms with Gasteiger partial charge in [-0.25, -0.2) is 4.79 Å². The normalized spacial score (nSPS) is 10.0. The molecule has 0 amide bonds. The van der Waals surface area contributed by atoms with Crippen LogP contribution in [0.2, 0.25) is 0 Å². The average Bonchev–Trinajstić information content (AvgIpc) is 2.51.